The zero-order valence-electron chi connectivity index (χ0n) is 14.8. The number of carbonyl (C=O) groups is 1. The van der Waals surface area contributed by atoms with E-state index < -0.39 is 6.09 Å². The van der Waals surface area contributed by atoms with E-state index in [4.69, 9.17) is 9.84 Å². The molecule has 0 aliphatic carbocycles. The van der Waals surface area contributed by atoms with Gasteiger partial charge in [-0.25, -0.2) is 4.79 Å². The van der Waals surface area contributed by atoms with E-state index in [0.717, 1.165) is 11.3 Å². The number of hydrogen-bond donors (Lipinski definition) is 3. The molecule has 1 aromatic rings. The molecular weight excluding hydrogens is 280 g/mol. The van der Waals surface area contributed by atoms with Gasteiger partial charge in [0.25, 0.3) is 0 Å². The second-order valence-electron chi connectivity index (χ2n) is 6.94. The van der Waals surface area contributed by atoms with Crippen LogP contribution in [0.25, 0.3) is 0 Å². The lowest BCUT2D eigenvalue weighted by Crippen LogP contribution is -2.31. The van der Waals surface area contributed by atoms with E-state index in [0.29, 0.717) is 6.54 Å². The van der Waals surface area contributed by atoms with Crippen molar-refractivity contribution in [3.8, 4) is 0 Å². The molecule has 0 spiro atoms. The van der Waals surface area contributed by atoms with Gasteiger partial charge in [0.15, 0.2) is 0 Å². The van der Waals surface area contributed by atoms with Gasteiger partial charge in [-0.2, -0.15) is 0 Å². The van der Waals surface area contributed by atoms with Gasteiger partial charge >= 0.3 is 6.09 Å². The maximum Gasteiger partial charge on any atom is 0.404 e. The number of rotatable bonds is 3. The largest absolute Gasteiger partial charge is 0.465 e. The molecule has 1 amide bonds. The molecule has 0 aliphatic heterocycles. The summed E-state index contributed by atoms with van der Waals surface area (Å²) in [4.78, 5) is 10.2. The maximum atomic E-state index is 10.2. The fourth-order valence-electron chi connectivity index (χ4n) is 1.93. The Morgan fingerprint density at radius 2 is 1.68 bits per heavy atom. The summed E-state index contributed by atoms with van der Waals surface area (Å²) in [5.41, 5.74) is 1.88. The van der Waals surface area contributed by atoms with Crippen molar-refractivity contribution in [2.75, 3.05) is 12.4 Å². The summed E-state index contributed by atoms with van der Waals surface area (Å²) in [6.45, 7) is 12.7. The number of carboxylic acid groups (broad SMARTS) is 1. The Morgan fingerprint density at radius 3 is 2.05 bits per heavy atom. The molecule has 0 unspecified atom stereocenters. The average molecular weight is 310 g/mol. The average Bonchev–Trinajstić information content (AvgIpc) is 2.33. The van der Waals surface area contributed by atoms with Gasteiger partial charge in [-0.3, -0.25) is 0 Å². The van der Waals surface area contributed by atoms with E-state index in [1.54, 1.807) is 0 Å². The first-order valence-corrected chi connectivity index (χ1v) is 7.36. The van der Waals surface area contributed by atoms with Gasteiger partial charge in [0.1, 0.15) is 0 Å². The highest BCUT2D eigenvalue weighted by molar-refractivity contribution is 5.64. The molecule has 0 aliphatic rings. The van der Waals surface area contributed by atoms with Crippen LogP contribution in [0.1, 0.15) is 47.1 Å². The first-order valence-electron chi connectivity index (χ1n) is 7.36. The molecule has 0 bridgehead atoms. The number of hydrogen-bond acceptors (Lipinski definition) is 3. The molecule has 5 heteroatoms. The van der Waals surface area contributed by atoms with Crippen molar-refractivity contribution in [2.24, 2.45) is 0 Å². The minimum atomic E-state index is -1.00. The van der Waals surface area contributed by atoms with Crippen molar-refractivity contribution in [3.05, 3.63) is 29.8 Å². The van der Waals surface area contributed by atoms with Crippen LogP contribution in [0.15, 0.2) is 24.3 Å². The van der Waals surface area contributed by atoms with E-state index in [1.165, 1.54) is 0 Å². The number of ether oxygens (including phenoxy) is 1. The van der Waals surface area contributed by atoms with Crippen molar-refractivity contribution in [1.29, 1.82) is 0 Å². The predicted octanol–water partition coefficient (Wildman–Crippen LogP) is 4.10. The molecule has 3 N–H and O–H groups in total. The van der Waals surface area contributed by atoms with E-state index in [9.17, 15) is 4.79 Å². The van der Waals surface area contributed by atoms with E-state index >= 15 is 0 Å². The maximum absolute atomic E-state index is 10.2. The molecule has 5 nitrogen and oxygen atoms in total. The third-order valence-corrected chi connectivity index (χ3v) is 2.27. The van der Waals surface area contributed by atoms with Crippen molar-refractivity contribution in [2.45, 2.75) is 59.3 Å². The summed E-state index contributed by atoms with van der Waals surface area (Å²) in [5.74, 6) is 0. The fourth-order valence-corrected chi connectivity index (χ4v) is 1.93. The van der Waals surface area contributed by atoms with Crippen LogP contribution in [0.2, 0.25) is 0 Å². The standard InChI is InChI=1S/C9H12N2O2.C8H18O/c1-10-8-4-2-3-7(5-8)6-11-9(12)13;1-7(2,3)9-8(4,5)6/h2-5,10-11H,6H2,1H3,(H,12,13);1-6H3. The highest BCUT2D eigenvalue weighted by Crippen LogP contribution is 2.18. The highest BCUT2D eigenvalue weighted by atomic mass is 16.5. The van der Waals surface area contributed by atoms with Crippen LogP contribution < -0.4 is 10.6 Å². The lowest BCUT2D eigenvalue weighted by Gasteiger charge is -2.30. The summed E-state index contributed by atoms with van der Waals surface area (Å²) in [6.07, 6.45) is -1.00. The Kier molecular flexibility index (Phi) is 7.95. The molecule has 0 atom stereocenters. The van der Waals surface area contributed by atoms with Gasteiger partial charge in [-0.1, -0.05) is 12.1 Å². The molecule has 0 fully saturated rings. The summed E-state index contributed by atoms with van der Waals surface area (Å²) in [7, 11) is 1.82. The molecule has 0 aromatic heterocycles. The predicted molar refractivity (Wildman–Crippen MR) is 91.4 cm³/mol. The quantitative estimate of drug-likeness (QED) is 0.786. The van der Waals surface area contributed by atoms with Crippen molar-refractivity contribution >= 4 is 11.8 Å². The number of nitrogens with one attached hydrogen (secondary N) is 2. The van der Waals surface area contributed by atoms with Gasteiger partial charge in [0, 0.05) is 19.3 Å². The van der Waals surface area contributed by atoms with Crippen molar-refractivity contribution < 1.29 is 14.6 Å². The fraction of sp³-hybridized carbons (Fsp3) is 0.588. The zero-order valence-corrected chi connectivity index (χ0v) is 14.8. The van der Waals surface area contributed by atoms with E-state index in [1.807, 2.05) is 31.3 Å². The zero-order chi connectivity index (χ0) is 17.4. The molecule has 22 heavy (non-hydrogen) atoms. The third-order valence-electron chi connectivity index (χ3n) is 2.27. The Hall–Kier alpha value is -1.75. The molecule has 1 aromatic carbocycles. The molecule has 0 heterocycles. The van der Waals surface area contributed by atoms with Crippen LogP contribution in [0, 0.1) is 0 Å². The van der Waals surface area contributed by atoms with Crippen LogP contribution in [0.5, 0.6) is 0 Å². The van der Waals surface area contributed by atoms with Crippen LogP contribution in [0.4, 0.5) is 10.5 Å². The highest BCUT2D eigenvalue weighted by Gasteiger charge is 2.19. The first kappa shape index (κ1) is 20.2. The second-order valence-corrected chi connectivity index (χ2v) is 6.94. The number of benzene rings is 1. The van der Waals surface area contributed by atoms with Crippen LogP contribution in [-0.2, 0) is 11.3 Å². The Balaban J connectivity index is 0.000000433. The lowest BCUT2D eigenvalue weighted by atomic mass is 10.1. The monoisotopic (exact) mass is 310 g/mol. The first-order chi connectivity index (χ1) is 9.93. The molecule has 1 rings (SSSR count). The van der Waals surface area contributed by atoms with E-state index in [-0.39, 0.29) is 11.2 Å². The minimum absolute atomic E-state index is 0.0156. The van der Waals surface area contributed by atoms with Gasteiger partial charge in [0.05, 0.1) is 11.2 Å². The SMILES string of the molecule is CC(C)(C)OC(C)(C)C.CNc1cccc(CNC(=O)O)c1. The molecule has 0 radical (unpaired) electrons. The van der Waals surface area contributed by atoms with Gasteiger partial charge < -0.3 is 20.5 Å². The van der Waals surface area contributed by atoms with Crippen LogP contribution in [-0.4, -0.2) is 29.4 Å². The summed E-state index contributed by atoms with van der Waals surface area (Å²) >= 11 is 0. The Labute approximate surface area is 134 Å². The Bertz CT molecular complexity index is 448. The minimum Gasteiger partial charge on any atom is -0.465 e. The van der Waals surface area contributed by atoms with Crippen molar-refractivity contribution in [3.63, 3.8) is 0 Å². The topological polar surface area (TPSA) is 70.6 Å². The van der Waals surface area contributed by atoms with Gasteiger partial charge in [0.2, 0.25) is 0 Å². The third kappa shape index (κ3) is 12.0. The summed E-state index contributed by atoms with van der Waals surface area (Å²) in [6, 6.07) is 7.57. The molecular formula is C17H30N2O3. The second kappa shape index (κ2) is 8.63. The van der Waals surface area contributed by atoms with Crippen molar-refractivity contribution in [1.82, 2.24) is 5.32 Å². The summed E-state index contributed by atoms with van der Waals surface area (Å²) in [5, 5.41) is 13.7. The van der Waals surface area contributed by atoms with E-state index in [2.05, 4.69) is 52.2 Å². The molecule has 126 valence electrons. The molecule has 0 saturated heterocycles. The van der Waals surface area contributed by atoms with Gasteiger partial charge in [-0.05, 0) is 59.2 Å². The summed E-state index contributed by atoms with van der Waals surface area (Å²) < 4.78 is 5.62. The number of anilines is 1. The molecule has 0 saturated carbocycles. The number of amides is 1. The van der Waals surface area contributed by atoms with Crippen LogP contribution >= 0.6 is 0 Å². The van der Waals surface area contributed by atoms with Crippen LogP contribution in [0.3, 0.4) is 0 Å². The van der Waals surface area contributed by atoms with Gasteiger partial charge in [-0.15, -0.1) is 0 Å². The normalized spacial score (nSPS) is 11.2. The lowest BCUT2D eigenvalue weighted by molar-refractivity contribution is -0.102. The Morgan fingerprint density at radius 1 is 1.14 bits per heavy atom. The smallest absolute Gasteiger partial charge is 0.404 e.